The molecule has 1 aromatic carbocycles. The van der Waals surface area contributed by atoms with Gasteiger partial charge < -0.3 is 5.73 Å². The van der Waals surface area contributed by atoms with E-state index >= 15 is 0 Å². The SMILES string of the molecule is CCc1ccc(CC(N)C(=O)N(C)N)cc1. The highest BCUT2D eigenvalue weighted by atomic mass is 16.2. The first-order valence-electron chi connectivity index (χ1n) is 5.40. The smallest absolute Gasteiger partial charge is 0.253 e. The van der Waals surface area contributed by atoms with Gasteiger partial charge in [-0.05, 0) is 24.0 Å². The molecule has 1 atom stereocenters. The first-order valence-corrected chi connectivity index (χ1v) is 5.40. The van der Waals surface area contributed by atoms with Gasteiger partial charge in [0.2, 0.25) is 0 Å². The van der Waals surface area contributed by atoms with E-state index in [0.29, 0.717) is 6.42 Å². The van der Waals surface area contributed by atoms with Crippen molar-refractivity contribution in [2.75, 3.05) is 7.05 Å². The predicted octanol–water partition coefficient (Wildman–Crippen LogP) is 0.451. The second-order valence-electron chi connectivity index (χ2n) is 3.93. The summed E-state index contributed by atoms with van der Waals surface area (Å²) < 4.78 is 0. The van der Waals surface area contributed by atoms with Gasteiger partial charge in [-0.1, -0.05) is 31.2 Å². The van der Waals surface area contributed by atoms with Crippen molar-refractivity contribution in [1.82, 2.24) is 5.01 Å². The summed E-state index contributed by atoms with van der Waals surface area (Å²) in [4.78, 5) is 11.4. The lowest BCUT2D eigenvalue weighted by molar-refractivity contribution is -0.131. The van der Waals surface area contributed by atoms with Crippen LogP contribution in [-0.2, 0) is 17.6 Å². The Bertz CT molecular complexity index is 346. The molecule has 1 aromatic rings. The molecule has 0 bridgehead atoms. The van der Waals surface area contributed by atoms with Gasteiger partial charge in [0.05, 0.1) is 6.04 Å². The van der Waals surface area contributed by atoms with Gasteiger partial charge >= 0.3 is 0 Å². The average Bonchev–Trinajstić information content (AvgIpc) is 2.28. The van der Waals surface area contributed by atoms with E-state index in [1.165, 1.54) is 12.6 Å². The number of carbonyl (C=O) groups is 1. The van der Waals surface area contributed by atoms with Crippen LogP contribution in [-0.4, -0.2) is 24.0 Å². The summed E-state index contributed by atoms with van der Waals surface area (Å²) >= 11 is 0. The van der Waals surface area contributed by atoms with Gasteiger partial charge in [-0.2, -0.15) is 0 Å². The molecule has 0 aromatic heterocycles. The van der Waals surface area contributed by atoms with Crippen LogP contribution in [0.1, 0.15) is 18.1 Å². The van der Waals surface area contributed by atoms with Crippen molar-refractivity contribution < 1.29 is 4.79 Å². The van der Waals surface area contributed by atoms with Crippen LogP contribution < -0.4 is 11.6 Å². The molecule has 0 heterocycles. The Morgan fingerprint density at radius 1 is 1.31 bits per heavy atom. The Morgan fingerprint density at radius 2 is 1.81 bits per heavy atom. The van der Waals surface area contributed by atoms with Crippen LogP contribution in [0.3, 0.4) is 0 Å². The number of amides is 1. The maximum Gasteiger partial charge on any atom is 0.253 e. The third kappa shape index (κ3) is 3.32. The van der Waals surface area contributed by atoms with Crippen LogP contribution in [0, 0.1) is 0 Å². The van der Waals surface area contributed by atoms with Gasteiger partial charge in [0.1, 0.15) is 0 Å². The number of nitrogens with zero attached hydrogens (tertiary/aromatic N) is 1. The highest BCUT2D eigenvalue weighted by Gasteiger charge is 2.15. The van der Waals surface area contributed by atoms with E-state index < -0.39 is 6.04 Å². The third-order valence-corrected chi connectivity index (χ3v) is 2.55. The first kappa shape index (κ1) is 12.7. The number of rotatable bonds is 4. The molecule has 0 aliphatic rings. The molecule has 0 aliphatic heterocycles. The Balaban J connectivity index is 2.62. The van der Waals surface area contributed by atoms with Gasteiger partial charge in [0.15, 0.2) is 0 Å². The lowest BCUT2D eigenvalue weighted by Crippen LogP contribution is -2.46. The van der Waals surface area contributed by atoms with Gasteiger partial charge in [0.25, 0.3) is 5.91 Å². The molecule has 0 fully saturated rings. The number of carbonyl (C=O) groups excluding carboxylic acids is 1. The zero-order chi connectivity index (χ0) is 12.1. The minimum atomic E-state index is -0.567. The third-order valence-electron chi connectivity index (χ3n) is 2.55. The van der Waals surface area contributed by atoms with Crippen LogP contribution in [0.25, 0.3) is 0 Å². The number of benzene rings is 1. The molecule has 0 spiro atoms. The lowest BCUT2D eigenvalue weighted by Gasteiger charge is -2.16. The summed E-state index contributed by atoms with van der Waals surface area (Å²) in [6.45, 7) is 2.10. The van der Waals surface area contributed by atoms with Crippen LogP contribution >= 0.6 is 0 Å². The van der Waals surface area contributed by atoms with Crippen molar-refractivity contribution in [3.63, 3.8) is 0 Å². The van der Waals surface area contributed by atoms with E-state index in [1.807, 2.05) is 12.1 Å². The van der Waals surface area contributed by atoms with E-state index in [9.17, 15) is 4.79 Å². The van der Waals surface area contributed by atoms with E-state index in [4.69, 9.17) is 11.6 Å². The molecule has 4 N–H and O–H groups in total. The molecule has 0 saturated heterocycles. The first-order chi connectivity index (χ1) is 7.54. The number of hydrazine groups is 1. The van der Waals surface area contributed by atoms with Gasteiger partial charge in [-0.25, -0.2) is 5.84 Å². The fraction of sp³-hybridized carbons (Fsp3) is 0.417. The Kier molecular flexibility index (Phi) is 4.46. The minimum Gasteiger partial charge on any atom is -0.320 e. The molecule has 0 aliphatic carbocycles. The highest BCUT2D eigenvalue weighted by molar-refractivity contribution is 5.81. The van der Waals surface area contributed by atoms with Crippen molar-refractivity contribution in [2.24, 2.45) is 11.6 Å². The van der Waals surface area contributed by atoms with Crippen molar-refractivity contribution in [2.45, 2.75) is 25.8 Å². The Hall–Kier alpha value is -1.39. The number of aryl methyl sites for hydroxylation is 1. The second-order valence-corrected chi connectivity index (χ2v) is 3.93. The van der Waals surface area contributed by atoms with E-state index in [0.717, 1.165) is 17.0 Å². The monoisotopic (exact) mass is 221 g/mol. The largest absolute Gasteiger partial charge is 0.320 e. The molecular weight excluding hydrogens is 202 g/mol. The van der Waals surface area contributed by atoms with E-state index in [1.54, 1.807) is 0 Å². The molecule has 4 heteroatoms. The van der Waals surface area contributed by atoms with Crippen LogP contribution in [0.2, 0.25) is 0 Å². The summed E-state index contributed by atoms with van der Waals surface area (Å²) in [6, 6.07) is 7.55. The molecule has 16 heavy (non-hydrogen) atoms. The predicted molar refractivity (Wildman–Crippen MR) is 64.5 cm³/mol. The van der Waals surface area contributed by atoms with E-state index in [2.05, 4.69) is 19.1 Å². The molecule has 1 rings (SSSR count). The zero-order valence-electron chi connectivity index (χ0n) is 9.81. The van der Waals surface area contributed by atoms with Gasteiger partial charge in [0, 0.05) is 7.05 Å². The van der Waals surface area contributed by atoms with Gasteiger partial charge in [-0.3, -0.25) is 9.80 Å². The van der Waals surface area contributed by atoms with Crippen molar-refractivity contribution in [1.29, 1.82) is 0 Å². The molecule has 0 radical (unpaired) electrons. The molecule has 88 valence electrons. The van der Waals surface area contributed by atoms with Crippen LogP contribution in [0.15, 0.2) is 24.3 Å². The van der Waals surface area contributed by atoms with Gasteiger partial charge in [-0.15, -0.1) is 0 Å². The molecule has 1 unspecified atom stereocenters. The second kappa shape index (κ2) is 5.63. The maximum atomic E-state index is 11.4. The van der Waals surface area contributed by atoms with Crippen LogP contribution in [0.5, 0.6) is 0 Å². The number of hydrogen-bond donors (Lipinski definition) is 2. The minimum absolute atomic E-state index is 0.250. The van der Waals surface area contributed by atoms with Crippen LogP contribution in [0.4, 0.5) is 0 Å². The summed E-state index contributed by atoms with van der Waals surface area (Å²) in [5, 5.41) is 1.03. The standard InChI is InChI=1S/C12H19N3O/c1-3-9-4-6-10(7-5-9)8-11(13)12(16)15(2)14/h4-7,11H,3,8,13-14H2,1-2H3. The lowest BCUT2D eigenvalue weighted by atomic mass is 10.0. The average molecular weight is 221 g/mol. The fourth-order valence-electron chi connectivity index (χ4n) is 1.51. The maximum absolute atomic E-state index is 11.4. The highest BCUT2D eigenvalue weighted by Crippen LogP contribution is 2.07. The Morgan fingerprint density at radius 3 is 2.25 bits per heavy atom. The topological polar surface area (TPSA) is 72.4 Å². The molecule has 0 saturated carbocycles. The number of nitrogens with two attached hydrogens (primary N) is 2. The molecule has 4 nitrogen and oxygen atoms in total. The molecule has 1 amide bonds. The van der Waals surface area contributed by atoms with Crippen molar-refractivity contribution in [3.8, 4) is 0 Å². The number of likely N-dealkylation sites (N-methyl/N-ethyl adjacent to an activating group) is 1. The summed E-state index contributed by atoms with van der Waals surface area (Å²) in [5.41, 5.74) is 8.08. The summed E-state index contributed by atoms with van der Waals surface area (Å²) in [7, 11) is 1.50. The van der Waals surface area contributed by atoms with Crippen molar-refractivity contribution in [3.05, 3.63) is 35.4 Å². The summed E-state index contributed by atoms with van der Waals surface area (Å²) in [5.74, 6) is 5.09. The number of hydrogen-bond acceptors (Lipinski definition) is 3. The summed E-state index contributed by atoms with van der Waals surface area (Å²) in [6.07, 6.45) is 1.53. The zero-order valence-corrected chi connectivity index (χ0v) is 9.81. The normalized spacial score (nSPS) is 12.2. The molecular formula is C12H19N3O. The van der Waals surface area contributed by atoms with Crippen molar-refractivity contribution >= 4 is 5.91 Å². The fourth-order valence-corrected chi connectivity index (χ4v) is 1.51. The quantitative estimate of drug-likeness (QED) is 0.440. The van der Waals surface area contributed by atoms with E-state index in [-0.39, 0.29) is 5.91 Å². The Labute approximate surface area is 96.2 Å².